The third kappa shape index (κ3) is 3.78. The summed E-state index contributed by atoms with van der Waals surface area (Å²) in [5, 5.41) is 5.62. The Kier molecular flexibility index (Phi) is 4.56. The highest BCUT2D eigenvalue weighted by molar-refractivity contribution is 7.26. The highest BCUT2D eigenvalue weighted by atomic mass is 32.1. The summed E-state index contributed by atoms with van der Waals surface area (Å²) in [7, 11) is 2.19. The second-order valence-corrected chi connectivity index (χ2v) is 6.82. The molecule has 0 saturated carbocycles. The maximum atomic E-state index is 3.45. The maximum absolute atomic E-state index is 3.45. The van der Waals surface area contributed by atoms with Gasteiger partial charge in [0.25, 0.3) is 0 Å². The monoisotopic (exact) mass is 268 g/mol. The first kappa shape index (κ1) is 13.0. The van der Waals surface area contributed by atoms with E-state index in [9.17, 15) is 0 Å². The molecule has 0 aromatic carbocycles. The van der Waals surface area contributed by atoms with Crippen molar-refractivity contribution in [3.05, 3.63) is 22.4 Å². The molecular weight excluding hydrogens is 248 g/mol. The van der Waals surface area contributed by atoms with E-state index in [-0.39, 0.29) is 0 Å². The van der Waals surface area contributed by atoms with Gasteiger partial charge in [0.1, 0.15) is 0 Å². The van der Waals surface area contributed by atoms with Crippen LogP contribution < -0.4 is 5.32 Å². The Labute approximate surface area is 111 Å². The maximum Gasteiger partial charge on any atom is 0.0453 e. The molecule has 0 spiro atoms. The van der Waals surface area contributed by atoms with Crippen LogP contribution in [0.5, 0.6) is 0 Å². The largest absolute Gasteiger partial charge is 0.313 e. The zero-order valence-corrected chi connectivity index (χ0v) is 12.3. The van der Waals surface area contributed by atoms with Gasteiger partial charge in [-0.25, -0.2) is 0 Å². The van der Waals surface area contributed by atoms with Crippen molar-refractivity contribution >= 4 is 32.1 Å². The zero-order valence-electron chi connectivity index (χ0n) is 10.7. The molecule has 0 saturated heterocycles. The zero-order chi connectivity index (χ0) is 12.3. The van der Waals surface area contributed by atoms with Crippen LogP contribution in [0.4, 0.5) is 0 Å². The molecule has 0 radical (unpaired) electrons. The molecular formula is C13H20N2S2. The van der Waals surface area contributed by atoms with E-state index in [4.69, 9.17) is 0 Å². The average molecular weight is 268 g/mol. The molecule has 0 aliphatic carbocycles. The topological polar surface area (TPSA) is 15.3 Å². The van der Waals surface area contributed by atoms with Crippen molar-refractivity contribution in [2.75, 3.05) is 20.1 Å². The van der Waals surface area contributed by atoms with Gasteiger partial charge in [0.15, 0.2) is 0 Å². The number of fused-ring (bicyclic) bond motifs is 1. The molecule has 0 amide bonds. The number of likely N-dealkylation sites (N-methyl/N-ethyl adjacent to an activating group) is 1. The van der Waals surface area contributed by atoms with Crippen LogP contribution in [-0.2, 0) is 6.54 Å². The predicted octanol–water partition coefficient (Wildman–Crippen LogP) is 3.39. The fourth-order valence-corrected chi connectivity index (χ4v) is 4.00. The Balaban J connectivity index is 1.82. The van der Waals surface area contributed by atoms with Crippen molar-refractivity contribution < 1.29 is 0 Å². The molecule has 2 aromatic heterocycles. The van der Waals surface area contributed by atoms with Gasteiger partial charge >= 0.3 is 0 Å². The average Bonchev–Trinajstić information content (AvgIpc) is 2.76. The fraction of sp³-hybridized carbons (Fsp3) is 0.538. The molecule has 0 aliphatic rings. The normalized spacial score (nSPS) is 12.1. The van der Waals surface area contributed by atoms with Crippen molar-refractivity contribution in [2.45, 2.75) is 26.4 Å². The summed E-state index contributed by atoms with van der Waals surface area (Å²) in [6, 6.07) is 5.13. The molecule has 0 unspecified atom stereocenters. The fourth-order valence-electron chi connectivity index (χ4n) is 1.78. The van der Waals surface area contributed by atoms with Gasteiger partial charge in [-0.3, -0.25) is 0 Å². The summed E-state index contributed by atoms with van der Waals surface area (Å²) in [4.78, 5) is 3.85. The molecule has 0 fully saturated rings. The Hall–Kier alpha value is -0.420. The lowest BCUT2D eigenvalue weighted by Crippen LogP contribution is -2.32. The van der Waals surface area contributed by atoms with Gasteiger partial charge in [0.05, 0.1) is 0 Å². The van der Waals surface area contributed by atoms with E-state index >= 15 is 0 Å². The number of nitrogens with zero attached hydrogens (tertiary/aromatic N) is 1. The number of rotatable bonds is 6. The standard InChI is InChI=1S/C13H20N2S2/c1-10(2)14-5-6-15(3)9-11-8-13-12(17-11)4-7-16-13/h4,7-8,10,14H,5-6,9H2,1-3H3. The third-order valence-electron chi connectivity index (χ3n) is 2.66. The lowest BCUT2D eigenvalue weighted by molar-refractivity contribution is 0.323. The molecule has 2 heterocycles. The summed E-state index contributed by atoms with van der Waals surface area (Å²) < 4.78 is 2.86. The molecule has 1 N–H and O–H groups in total. The molecule has 94 valence electrons. The van der Waals surface area contributed by atoms with E-state index in [1.807, 2.05) is 22.7 Å². The van der Waals surface area contributed by atoms with Gasteiger partial charge in [0.2, 0.25) is 0 Å². The van der Waals surface area contributed by atoms with Crippen molar-refractivity contribution in [1.29, 1.82) is 0 Å². The Morgan fingerprint density at radius 1 is 1.35 bits per heavy atom. The van der Waals surface area contributed by atoms with Gasteiger partial charge in [-0.2, -0.15) is 0 Å². The van der Waals surface area contributed by atoms with Gasteiger partial charge in [0, 0.05) is 40.0 Å². The number of hydrogen-bond acceptors (Lipinski definition) is 4. The highest BCUT2D eigenvalue weighted by Gasteiger charge is 2.05. The summed E-state index contributed by atoms with van der Waals surface area (Å²) in [6.07, 6.45) is 0. The number of hydrogen-bond donors (Lipinski definition) is 1. The van der Waals surface area contributed by atoms with Crippen LogP contribution in [0.15, 0.2) is 17.5 Å². The van der Waals surface area contributed by atoms with Crippen LogP contribution in [0, 0.1) is 0 Å². The van der Waals surface area contributed by atoms with Gasteiger partial charge < -0.3 is 10.2 Å². The molecule has 2 rings (SSSR count). The number of thiophene rings is 2. The molecule has 2 aromatic rings. The van der Waals surface area contributed by atoms with E-state index in [0.29, 0.717) is 6.04 Å². The summed E-state index contributed by atoms with van der Waals surface area (Å²) in [5.74, 6) is 0. The van der Waals surface area contributed by atoms with Gasteiger partial charge in [-0.1, -0.05) is 13.8 Å². The molecule has 0 atom stereocenters. The molecule has 2 nitrogen and oxygen atoms in total. The second-order valence-electron chi connectivity index (χ2n) is 4.71. The minimum absolute atomic E-state index is 0.579. The third-order valence-corrected chi connectivity index (χ3v) is 4.74. The smallest absolute Gasteiger partial charge is 0.0453 e. The highest BCUT2D eigenvalue weighted by Crippen LogP contribution is 2.30. The van der Waals surface area contributed by atoms with Crippen molar-refractivity contribution in [3.8, 4) is 0 Å². The van der Waals surface area contributed by atoms with Gasteiger partial charge in [-0.15, -0.1) is 22.7 Å². The minimum atomic E-state index is 0.579. The van der Waals surface area contributed by atoms with E-state index in [0.717, 1.165) is 19.6 Å². The molecule has 4 heteroatoms. The molecule has 17 heavy (non-hydrogen) atoms. The first-order valence-electron chi connectivity index (χ1n) is 6.03. The van der Waals surface area contributed by atoms with E-state index < -0.39 is 0 Å². The van der Waals surface area contributed by atoms with Crippen LogP contribution >= 0.6 is 22.7 Å². The lowest BCUT2D eigenvalue weighted by Gasteiger charge is -2.17. The first-order valence-corrected chi connectivity index (χ1v) is 7.72. The van der Waals surface area contributed by atoms with Crippen LogP contribution in [-0.4, -0.2) is 31.1 Å². The summed E-state index contributed by atoms with van der Waals surface area (Å²) >= 11 is 3.76. The Morgan fingerprint density at radius 3 is 2.88 bits per heavy atom. The van der Waals surface area contributed by atoms with Crippen molar-refractivity contribution in [2.24, 2.45) is 0 Å². The predicted molar refractivity (Wildman–Crippen MR) is 79.2 cm³/mol. The minimum Gasteiger partial charge on any atom is -0.313 e. The van der Waals surface area contributed by atoms with E-state index in [1.54, 1.807) is 0 Å². The lowest BCUT2D eigenvalue weighted by atomic mass is 10.4. The second kappa shape index (κ2) is 5.96. The summed E-state index contributed by atoms with van der Waals surface area (Å²) in [6.45, 7) is 7.60. The molecule has 0 aliphatic heterocycles. The van der Waals surface area contributed by atoms with Crippen LogP contribution in [0.1, 0.15) is 18.7 Å². The van der Waals surface area contributed by atoms with Crippen molar-refractivity contribution in [3.63, 3.8) is 0 Å². The van der Waals surface area contributed by atoms with Gasteiger partial charge in [-0.05, 0) is 24.6 Å². The van der Waals surface area contributed by atoms with E-state index in [2.05, 4.69) is 48.6 Å². The summed E-state index contributed by atoms with van der Waals surface area (Å²) in [5.41, 5.74) is 0. The van der Waals surface area contributed by atoms with Crippen molar-refractivity contribution in [1.82, 2.24) is 10.2 Å². The first-order chi connectivity index (χ1) is 8.15. The Bertz CT molecular complexity index is 430. The SMILES string of the molecule is CC(C)NCCN(C)Cc1cc2sccc2s1. The molecule has 0 bridgehead atoms. The van der Waals surface area contributed by atoms with Crippen LogP contribution in [0.25, 0.3) is 9.40 Å². The van der Waals surface area contributed by atoms with E-state index in [1.165, 1.54) is 14.3 Å². The Morgan fingerprint density at radius 2 is 2.18 bits per heavy atom. The van der Waals surface area contributed by atoms with Crippen LogP contribution in [0.3, 0.4) is 0 Å². The number of nitrogens with one attached hydrogen (secondary N) is 1. The quantitative estimate of drug-likeness (QED) is 0.864. The van der Waals surface area contributed by atoms with Crippen LogP contribution in [0.2, 0.25) is 0 Å².